The van der Waals surface area contributed by atoms with Gasteiger partial charge >= 0.3 is 5.97 Å². The predicted molar refractivity (Wildman–Crippen MR) is 121 cm³/mol. The zero-order valence-electron chi connectivity index (χ0n) is 18.1. The van der Waals surface area contributed by atoms with E-state index in [0.717, 1.165) is 31.0 Å². The quantitative estimate of drug-likeness (QED) is 0.577. The Hall–Kier alpha value is -3.18. The summed E-state index contributed by atoms with van der Waals surface area (Å²) in [6, 6.07) is 1.77. The smallest absolute Gasteiger partial charge is 0.341 e. The second kappa shape index (κ2) is 8.64. The van der Waals surface area contributed by atoms with Gasteiger partial charge in [-0.2, -0.15) is 4.37 Å². The van der Waals surface area contributed by atoms with Crippen LogP contribution >= 0.6 is 11.5 Å². The molecule has 5 rings (SSSR count). The summed E-state index contributed by atoms with van der Waals surface area (Å²) in [5.74, 6) is -0.131. The molecule has 5 heterocycles. The van der Waals surface area contributed by atoms with E-state index in [1.165, 1.54) is 17.1 Å². The molecule has 2 fully saturated rings. The van der Waals surface area contributed by atoms with Crippen molar-refractivity contribution < 1.29 is 19.4 Å². The number of carbonyl (C=O) groups excluding carboxylic acids is 1. The Morgan fingerprint density at radius 1 is 1.33 bits per heavy atom. The monoisotopic (exact) mass is 469 g/mol. The van der Waals surface area contributed by atoms with E-state index >= 15 is 0 Å². The molecule has 1 unspecified atom stereocenters. The van der Waals surface area contributed by atoms with Crippen LogP contribution in [0.25, 0.3) is 16.2 Å². The number of aryl methyl sites for hydroxylation is 1. The maximum Gasteiger partial charge on any atom is 0.341 e. The number of nitrogens with zero attached hydrogens (tertiary/aromatic N) is 5. The highest BCUT2D eigenvalue weighted by Crippen LogP contribution is 2.30. The number of hydrogen-bond acceptors (Lipinski definition) is 9. The molecule has 0 spiro atoms. The molecule has 2 aliphatic heterocycles. The van der Waals surface area contributed by atoms with Crippen molar-refractivity contribution in [3.05, 3.63) is 39.9 Å². The fraction of sp³-hybridized carbons (Fsp3) is 0.455. The van der Waals surface area contributed by atoms with Crippen molar-refractivity contribution in [1.29, 1.82) is 0 Å². The average molecular weight is 470 g/mol. The lowest BCUT2D eigenvalue weighted by atomic mass is 9.87. The summed E-state index contributed by atoms with van der Waals surface area (Å²) in [5.41, 5.74) is 0.0132. The summed E-state index contributed by atoms with van der Waals surface area (Å²) >= 11 is 1.08. The first-order chi connectivity index (χ1) is 15.9. The SMILES string of the molecule is Cc1cc(N2CC(C(=O)CC3CCCOC3)C2)nc2c1c(=O)c(C(=O)O)cn2-c1ncns1. The summed E-state index contributed by atoms with van der Waals surface area (Å²) in [5, 5.41) is 10.2. The maximum absolute atomic E-state index is 12.9. The third-order valence-corrected chi connectivity index (χ3v) is 7.00. The number of Topliss-reactive ketones (excluding diaryl/α,β-unsaturated/α-hetero) is 1. The van der Waals surface area contributed by atoms with Crippen LogP contribution in [0.2, 0.25) is 0 Å². The van der Waals surface area contributed by atoms with Gasteiger partial charge in [-0.1, -0.05) is 0 Å². The van der Waals surface area contributed by atoms with Crippen LogP contribution in [0.3, 0.4) is 0 Å². The first-order valence-electron chi connectivity index (χ1n) is 10.8. The van der Waals surface area contributed by atoms with Crippen molar-refractivity contribution in [3.63, 3.8) is 0 Å². The van der Waals surface area contributed by atoms with Crippen LogP contribution < -0.4 is 10.3 Å². The zero-order chi connectivity index (χ0) is 23.1. The highest BCUT2D eigenvalue weighted by Gasteiger charge is 2.35. The minimum absolute atomic E-state index is 0.0375. The minimum Gasteiger partial charge on any atom is -0.477 e. The first kappa shape index (κ1) is 21.7. The third kappa shape index (κ3) is 4.02. The number of fused-ring (bicyclic) bond motifs is 1. The van der Waals surface area contributed by atoms with Gasteiger partial charge in [-0.25, -0.2) is 14.8 Å². The molecular formula is C22H23N5O5S. The fourth-order valence-corrected chi connectivity index (χ4v) is 5.01. The molecule has 0 radical (unpaired) electrons. The third-order valence-electron chi connectivity index (χ3n) is 6.33. The van der Waals surface area contributed by atoms with E-state index in [1.54, 1.807) is 13.0 Å². The fourth-order valence-electron chi connectivity index (χ4n) is 4.50. The molecular weight excluding hydrogens is 446 g/mol. The highest BCUT2D eigenvalue weighted by atomic mass is 32.1. The van der Waals surface area contributed by atoms with E-state index in [4.69, 9.17) is 4.74 Å². The van der Waals surface area contributed by atoms with Gasteiger partial charge in [-0.15, -0.1) is 0 Å². The van der Waals surface area contributed by atoms with Gasteiger partial charge in [0, 0.05) is 50.5 Å². The van der Waals surface area contributed by atoms with Crippen molar-refractivity contribution in [2.75, 3.05) is 31.2 Å². The number of ketones is 1. The van der Waals surface area contributed by atoms with Crippen molar-refractivity contribution >= 4 is 40.1 Å². The Balaban J connectivity index is 1.44. The van der Waals surface area contributed by atoms with Gasteiger partial charge in [0.1, 0.15) is 23.5 Å². The average Bonchev–Trinajstić information content (AvgIpc) is 3.28. The van der Waals surface area contributed by atoms with Gasteiger partial charge < -0.3 is 14.7 Å². The molecule has 0 saturated carbocycles. The number of pyridine rings is 2. The Morgan fingerprint density at radius 2 is 2.15 bits per heavy atom. The Kier molecular flexibility index (Phi) is 5.67. The van der Waals surface area contributed by atoms with Crippen molar-refractivity contribution in [3.8, 4) is 5.13 Å². The van der Waals surface area contributed by atoms with Crippen LogP contribution in [0.15, 0.2) is 23.4 Å². The van der Waals surface area contributed by atoms with Crippen LogP contribution in [0.1, 0.15) is 35.2 Å². The molecule has 1 atom stereocenters. The molecule has 2 saturated heterocycles. The summed E-state index contributed by atoms with van der Waals surface area (Å²) < 4.78 is 11.0. The van der Waals surface area contributed by atoms with Gasteiger partial charge in [0.05, 0.1) is 11.3 Å². The Labute approximate surface area is 193 Å². The largest absolute Gasteiger partial charge is 0.477 e. The molecule has 1 N–H and O–H groups in total. The van der Waals surface area contributed by atoms with Crippen LogP contribution in [0.5, 0.6) is 0 Å². The molecule has 172 valence electrons. The predicted octanol–water partition coefficient (Wildman–Crippen LogP) is 2.07. The number of anilines is 1. The van der Waals surface area contributed by atoms with Crippen molar-refractivity contribution in [2.45, 2.75) is 26.2 Å². The van der Waals surface area contributed by atoms with Gasteiger partial charge in [0.15, 0.2) is 5.65 Å². The zero-order valence-corrected chi connectivity index (χ0v) is 18.9. The maximum atomic E-state index is 12.9. The van der Waals surface area contributed by atoms with E-state index < -0.39 is 11.4 Å². The number of aromatic carboxylic acids is 1. The number of carbonyl (C=O) groups is 2. The van der Waals surface area contributed by atoms with E-state index in [1.807, 2.05) is 4.90 Å². The normalized spacial score (nSPS) is 18.9. The van der Waals surface area contributed by atoms with E-state index in [9.17, 15) is 19.5 Å². The molecule has 10 nitrogen and oxygen atoms in total. The summed E-state index contributed by atoms with van der Waals surface area (Å²) in [6.07, 6.45) is 5.21. The second-order valence-corrected chi connectivity index (χ2v) is 9.38. The minimum atomic E-state index is -1.31. The molecule has 2 aliphatic rings. The van der Waals surface area contributed by atoms with Crippen molar-refractivity contribution in [2.24, 2.45) is 11.8 Å². The van der Waals surface area contributed by atoms with E-state index in [-0.39, 0.29) is 22.7 Å². The lowest BCUT2D eigenvalue weighted by molar-refractivity contribution is -0.125. The summed E-state index contributed by atoms with van der Waals surface area (Å²) in [7, 11) is 0. The van der Waals surface area contributed by atoms with Gasteiger partial charge in [-0.3, -0.25) is 14.2 Å². The topological polar surface area (TPSA) is 128 Å². The summed E-state index contributed by atoms with van der Waals surface area (Å²) in [4.78, 5) is 48.1. The molecule has 3 aromatic heterocycles. The van der Waals surface area contributed by atoms with Crippen LogP contribution in [-0.4, -0.2) is 62.1 Å². The van der Waals surface area contributed by atoms with Crippen LogP contribution in [0.4, 0.5) is 5.82 Å². The Morgan fingerprint density at radius 3 is 2.82 bits per heavy atom. The van der Waals surface area contributed by atoms with E-state index in [0.29, 0.717) is 54.2 Å². The second-order valence-electron chi connectivity index (χ2n) is 8.62. The number of aromatic nitrogens is 4. The lowest BCUT2D eigenvalue weighted by Crippen LogP contribution is -2.51. The lowest BCUT2D eigenvalue weighted by Gasteiger charge is -2.40. The number of hydrogen-bond donors (Lipinski definition) is 1. The molecule has 0 amide bonds. The molecule has 33 heavy (non-hydrogen) atoms. The Bertz CT molecular complexity index is 1280. The summed E-state index contributed by atoms with van der Waals surface area (Å²) in [6.45, 7) is 4.34. The first-order valence-corrected chi connectivity index (χ1v) is 11.6. The van der Waals surface area contributed by atoms with Crippen LogP contribution in [-0.2, 0) is 9.53 Å². The molecule has 0 bridgehead atoms. The van der Waals surface area contributed by atoms with Gasteiger partial charge in [0.25, 0.3) is 0 Å². The standard InChI is InChI=1S/C22H23N5O5S/c1-12-5-17(26-7-14(8-26)16(28)6-13-3-2-4-32-10-13)25-20-18(12)19(29)15(21(30)31)9-27(20)22-23-11-24-33-22/h5,9,11,13-14H,2-4,6-8,10H2,1H3,(H,30,31). The number of carboxylic acid groups (broad SMARTS) is 1. The van der Waals surface area contributed by atoms with Crippen molar-refractivity contribution in [1.82, 2.24) is 18.9 Å². The molecule has 3 aromatic rings. The van der Waals surface area contributed by atoms with Gasteiger partial charge in [-0.05, 0) is 37.3 Å². The number of carboxylic acids is 1. The molecule has 0 aliphatic carbocycles. The van der Waals surface area contributed by atoms with E-state index in [2.05, 4.69) is 14.3 Å². The highest BCUT2D eigenvalue weighted by molar-refractivity contribution is 7.08. The van der Waals surface area contributed by atoms with Gasteiger partial charge in [0.2, 0.25) is 10.6 Å². The number of ether oxygens (including phenoxy) is 1. The van der Waals surface area contributed by atoms with Crippen LogP contribution in [0, 0.1) is 18.8 Å². The molecule has 11 heteroatoms. The molecule has 0 aromatic carbocycles. The number of rotatable bonds is 6.